The number of hydrogen-bond donors (Lipinski definition) is 1. The lowest BCUT2D eigenvalue weighted by Crippen LogP contribution is -2.52. The van der Waals surface area contributed by atoms with Gasteiger partial charge in [0.15, 0.2) is 0 Å². The molecule has 8 heteroatoms. The molecule has 5 rings (SSSR count). The van der Waals surface area contributed by atoms with Gasteiger partial charge in [0.05, 0.1) is 5.69 Å². The highest BCUT2D eigenvalue weighted by Gasteiger charge is 2.30. The first kappa shape index (κ1) is 24.6. The third kappa shape index (κ3) is 5.69. The van der Waals surface area contributed by atoms with E-state index in [0.29, 0.717) is 6.42 Å². The van der Waals surface area contributed by atoms with Crippen molar-refractivity contribution in [3.63, 3.8) is 0 Å². The van der Waals surface area contributed by atoms with Gasteiger partial charge in [0.1, 0.15) is 11.5 Å². The largest absolute Gasteiger partial charge is 0.371 e. The Balaban J connectivity index is 1.30. The molecule has 3 aromatic heterocycles. The number of nitrogens with zero attached hydrogens (tertiary/aromatic N) is 6. The summed E-state index contributed by atoms with van der Waals surface area (Å²) >= 11 is 0. The Hall–Kier alpha value is -4.07. The predicted molar refractivity (Wildman–Crippen MR) is 145 cm³/mol. The highest BCUT2D eigenvalue weighted by Crippen LogP contribution is 2.30. The summed E-state index contributed by atoms with van der Waals surface area (Å²) in [6.07, 6.45) is 9.98. The molecule has 4 heterocycles. The van der Waals surface area contributed by atoms with Crippen LogP contribution in [0.25, 0.3) is 22.5 Å². The summed E-state index contributed by atoms with van der Waals surface area (Å²) in [5.74, 6) is 0.815. The van der Waals surface area contributed by atoms with E-state index < -0.39 is 0 Å². The van der Waals surface area contributed by atoms with Crippen molar-refractivity contribution in [2.75, 3.05) is 18.0 Å². The van der Waals surface area contributed by atoms with Crippen LogP contribution in [-0.2, 0) is 17.8 Å². The molecule has 0 atom stereocenters. The van der Waals surface area contributed by atoms with E-state index in [1.807, 2.05) is 41.5 Å². The van der Waals surface area contributed by atoms with Gasteiger partial charge >= 0.3 is 0 Å². The number of aromatic nitrogens is 5. The Morgan fingerprint density at radius 2 is 1.86 bits per heavy atom. The first-order valence-corrected chi connectivity index (χ1v) is 12.9. The second-order valence-corrected chi connectivity index (χ2v) is 9.92. The predicted octanol–water partition coefficient (Wildman–Crippen LogP) is 4.51. The van der Waals surface area contributed by atoms with Crippen LogP contribution in [0.4, 0.5) is 5.69 Å². The van der Waals surface area contributed by atoms with Crippen LogP contribution in [0.2, 0.25) is 0 Å². The summed E-state index contributed by atoms with van der Waals surface area (Å²) < 4.78 is 1.93. The zero-order valence-electron chi connectivity index (χ0n) is 21.7. The van der Waals surface area contributed by atoms with Crippen LogP contribution in [0, 0.1) is 0 Å². The molecule has 37 heavy (non-hydrogen) atoms. The van der Waals surface area contributed by atoms with E-state index in [1.165, 1.54) is 5.69 Å². The number of hydrogen-bond acceptors (Lipinski definition) is 6. The van der Waals surface area contributed by atoms with E-state index in [2.05, 4.69) is 58.3 Å². The number of nitrogens with one attached hydrogen (secondary N) is 1. The average molecular weight is 496 g/mol. The lowest BCUT2D eigenvalue weighted by atomic mass is 9.89. The van der Waals surface area contributed by atoms with E-state index in [1.54, 1.807) is 13.1 Å². The fourth-order valence-corrected chi connectivity index (χ4v) is 4.94. The van der Waals surface area contributed by atoms with E-state index >= 15 is 0 Å². The Kier molecular flexibility index (Phi) is 6.99. The molecule has 1 aliphatic heterocycles. The smallest absolute Gasteiger partial charge is 0.217 e. The van der Waals surface area contributed by atoms with Crippen molar-refractivity contribution in [1.29, 1.82) is 0 Å². The molecule has 1 amide bonds. The van der Waals surface area contributed by atoms with E-state index in [4.69, 9.17) is 10.1 Å². The average Bonchev–Trinajstić information content (AvgIpc) is 3.35. The first-order valence-electron chi connectivity index (χ1n) is 12.9. The van der Waals surface area contributed by atoms with Gasteiger partial charge in [-0.2, -0.15) is 5.10 Å². The van der Waals surface area contributed by atoms with Crippen LogP contribution >= 0.6 is 0 Å². The fourth-order valence-electron chi connectivity index (χ4n) is 4.94. The van der Waals surface area contributed by atoms with Gasteiger partial charge in [-0.15, -0.1) is 0 Å². The van der Waals surface area contributed by atoms with Gasteiger partial charge < -0.3 is 10.2 Å². The molecule has 0 spiro atoms. The molecule has 0 bridgehead atoms. The normalized spacial score (nSPS) is 14.9. The molecule has 0 radical (unpaired) electrons. The maximum atomic E-state index is 11.5. The summed E-state index contributed by atoms with van der Waals surface area (Å²) in [4.78, 5) is 27.6. The maximum Gasteiger partial charge on any atom is 0.217 e. The van der Waals surface area contributed by atoms with Crippen molar-refractivity contribution in [2.24, 2.45) is 0 Å². The lowest BCUT2D eigenvalue weighted by molar-refractivity contribution is -0.120. The second kappa shape index (κ2) is 10.5. The Labute approximate surface area is 217 Å². The van der Waals surface area contributed by atoms with Crippen LogP contribution in [0.1, 0.15) is 45.0 Å². The molecular weight excluding hydrogens is 462 g/mol. The van der Waals surface area contributed by atoms with Crippen molar-refractivity contribution in [3.8, 4) is 22.5 Å². The molecular formula is C29H33N7O. The molecule has 1 aliphatic rings. The summed E-state index contributed by atoms with van der Waals surface area (Å²) in [6, 6.07) is 14.5. The lowest BCUT2D eigenvalue weighted by Gasteiger charge is -2.40. The molecule has 8 nitrogen and oxygen atoms in total. The highest BCUT2D eigenvalue weighted by molar-refractivity contribution is 5.78. The van der Waals surface area contributed by atoms with Crippen molar-refractivity contribution < 1.29 is 4.79 Å². The molecule has 1 aromatic carbocycles. The molecule has 190 valence electrons. The third-order valence-corrected chi connectivity index (χ3v) is 7.01. The Morgan fingerprint density at radius 1 is 1.08 bits per heavy atom. The summed E-state index contributed by atoms with van der Waals surface area (Å²) in [7, 11) is 0. The maximum absolute atomic E-state index is 11.5. The van der Waals surface area contributed by atoms with Gasteiger partial charge in [-0.05, 0) is 62.6 Å². The number of benzene rings is 1. The fraction of sp³-hybridized carbons (Fsp3) is 0.345. The molecule has 0 unspecified atom stereocenters. The minimum absolute atomic E-state index is 0.0408. The zero-order valence-corrected chi connectivity index (χ0v) is 21.7. The van der Waals surface area contributed by atoms with Gasteiger partial charge in [-0.3, -0.25) is 14.5 Å². The number of rotatable bonds is 7. The number of amides is 1. The highest BCUT2D eigenvalue weighted by atomic mass is 16.1. The van der Waals surface area contributed by atoms with Gasteiger partial charge in [0.2, 0.25) is 5.91 Å². The standard InChI is InChI=1S/C29H33N7O/c1-4-36-20-25(28(34-36)23-6-5-14-30-19-23)26-11-15-31-27(32-26)18-22-7-9-24(10-8-22)35-16-12-29(3,13-17-35)33-21(2)37/h5-11,14-15,19-20H,4,12-13,16-18H2,1-3H3,(H,33,37). The quantitative estimate of drug-likeness (QED) is 0.406. The van der Waals surface area contributed by atoms with Crippen molar-refractivity contribution >= 4 is 11.6 Å². The van der Waals surface area contributed by atoms with Gasteiger partial charge in [-0.1, -0.05) is 12.1 Å². The number of carbonyl (C=O) groups excluding carboxylic acids is 1. The van der Waals surface area contributed by atoms with E-state index in [-0.39, 0.29) is 11.4 Å². The monoisotopic (exact) mass is 495 g/mol. The SMILES string of the molecule is CCn1cc(-c2ccnc(Cc3ccc(N4CCC(C)(NC(C)=O)CC4)cc3)n2)c(-c2cccnc2)n1. The number of piperidine rings is 1. The minimum atomic E-state index is -0.116. The number of pyridine rings is 1. The summed E-state index contributed by atoms with van der Waals surface area (Å²) in [6.45, 7) is 8.42. The molecule has 1 fully saturated rings. The first-order chi connectivity index (χ1) is 17.9. The number of anilines is 1. The van der Waals surface area contributed by atoms with E-state index in [0.717, 1.165) is 66.4 Å². The number of carbonyl (C=O) groups is 1. The second-order valence-electron chi connectivity index (χ2n) is 9.92. The van der Waals surface area contributed by atoms with Gasteiger partial charge in [0.25, 0.3) is 0 Å². The van der Waals surface area contributed by atoms with Crippen LogP contribution in [-0.4, -0.2) is 49.3 Å². The summed E-state index contributed by atoms with van der Waals surface area (Å²) in [5.41, 5.74) is 5.93. The van der Waals surface area contributed by atoms with Crippen molar-refractivity contribution in [3.05, 3.63) is 78.6 Å². The van der Waals surface area contributed by atoms with Gasteiger partial charge in [0, 0.05) is 80.1 Å². The van der Waals surface area contributed by atoms with Crippen LogP contribution in [0.3, 0.4) is 0 Å². The molecule has 1 N–H and O–H groups in total. The molecule has 0 saturated carbocycles. The van der Waals surface area contributed by atoms with Gasteiger partial charge in [-0.25, -0.2) is 9.97 Å². The summed E-state index contributed by atoms with van der Waals surface area (Å²) in [5, 5.41) is 7.87. The number of aryl methyl sites for hydroxylation is 1. The van der Waals surface area contributed by atoms with Crippen LogP contribution in [0.15, 0.2) is 67.3 Å². The zero-order chi connectivity index (χ0) is 25.8. The van der Waals surface area contributed by atoms with Crippen LogP contribution in [0.5, 0.6) is 0 Å². The Morgan fingerprint density at radius 3 is 2.54 bits per heavy atom. The Bertz CT molecular complexity index is 1360. The van der Waals surface area contributed by atoms with Crippen LogP contribution < -0.4 is 10.2 Å². The third-order valence-electron chi connectivity index (χ3n) is 7.01. The molecule has 4 aromatic rings. The van der Waals surface area contributed by atoms with Crippen molar-refractivity contribution in [2.45, 2.75) is 52.1 Å². The topological polar surface area (TPSA) is 88.8 Å². The minimum Gasteiger partial charge on any atom is -0.371 e. The van der Waals surface area contributed by atoms with Crippen molar-refractivity contribution in [1.82, 2.24) is 30.0 Å². The van der Waals surface area contributed by atoms with E-state index in [9.17, 15) is 4.79 Å². The molecule has 1 saturated heterocycles. The molecule has 0 aliphatic carbocycles.